The van der Waals surface area contributed by atoms with Crippen LogP contribution in [0.5, 0.6) is 0 Å². The van der Waals surface area contributed by atoms with Gasteiger partial charge in [-0.05, 0) is 43.0 Å². The molecule has 0 saturated carbocycles. The Kier molecular flexibility index (Phi) is 7.68. The third-order valence-corrected chi connectivity index (χ3v) is 3.49. The van der Waals surface area contributed by atoms with Gasteiger partial charge >= 0.3 is 0 Å². The fourth-order valence-electron chi connectivity index (χ4n) is 2.07. The molecule has 20 heavy (non-hydrogen) atoms. The van der Waals surface area contributed by atoms with Gasteiger partial charge in [-0.1, -0.05) is 54.1 Å². The topological polar surface area (TPSA) is 12.0 Å². The minimum absolute atomic E-state index is 0. The molecule has 0 aromatic heterocycles. The van der Waals surface area contributed by atoms with Gasteiger partial charge in [0.15, 0.2) is 0 Å². The van der Waals surface area contributed by atoms with Crippen molar-refractivity contribution in [2.75, 3.05) is 0 Å². The van der Waals surface area contributed by atoms with Crippen LogP contribution in [0.1, 0.15) is 24.5 Å². The van der Waals surface area contributed by atoms with Crippen molar-refractivity contribution in [3.8, 4) is 0 Å². The summed E-state index contributed by atoms with van der Waals surface area (Å²) in [5.41, 5.74) is 2.64. The number of hydrogen-bond acceptors (Lipinski definition) is 1. The summed E-state index contributed by atoms with van der Waals surface area (Å²) < 4.78 is 0. The van der Waals surface area contributed by atoms with Crippen LogP contribution in [0.25, 0.3) is 0 Å². The first-order valence-corrected chi connectivity index (χ1v) is 7.13. The minimum atomic E-state index is 0. The van der Waals surface area contributed by atoms with Crippen molar-refractivity contribution in [2.45, 2.75) is 32.4 Å². The van der Waals surface area contributed by atoms with Crippen LogP contribution in [0.3, 0.4) is 0 Å². The van der Waals surface area contributed by atoms with Crippen LogP contribution in [0.4, 0.5) is 0 Å². The second kappa shape index (κ2) is 9.02. The summed E-state index contributed by atoms with van der Waals surface area (Å²) in [4.78, 5) is 0. The van der Waals surface area contributed by atoms with Crippen molar-refractivity contribution in [3.05, 3.63) is 70.7 Å². The second-order valence-electron chi connectivity index (χ2n) is 4.94. The van der Waals surface area contributed by atoms with Crippen molar-refractivity contribution < 1.29 is 0 Å². The minimum Gasteiger partial charge on any atom is -0.310 e. The van der Waals surface area contributed by atoms with Gasteiger partial charge in [-0.25, -0.2) is 0 Å². The highest BCUT2D eigenvalue weighted by atomic mass is 35.5. The lowest BCUT2D eigenvalue weighted by atomic mass is 10.1. The molecule has 0 aliphatic heterocycles. The first kappa shape index (κ1) is 17.0. The number of nitrogens with one attached hydrogen (secondary N) is 1. The van der Waals surface area contributed by atoms with Crippen molar-refractivity contribution >= 4 is 24.0 Å². The average molecular weight is 310 g/mol. The third-order valence-electron chi connectivity index (χ3n) is 3.25. The fraction of sp³-hybridized carbons (Fsp3) is 0.294. The van der Waals surface area contributed by atoms with E-state index >= 15 is 0 Å². The summed E-state index contributed by atoms with van der Waals surface area (Å²) in [6.07, 6.45) is 2.26. The van der Waals surface area contributed by atoms with E-state index in [1.165, 1.54) is 11.1 Å². The van der Waals surface area contributed by atoms with Gasteiger partial charge in [-0.3, -0.25) is 0 Å². The molecule has 1 N–H and O–H groups in total. The Bertz CT molecular complexity index is 499. The predicted molar refractivity (Wildman–Crippen MR) is 89.8 cm³/mol. The Hall–Kier alpha value is -1.02. The fourth-order valence-corrected chi connectivity index (χ4v) is 2.28. The van der Waals surface area contributed by atoms with Gasteiger partial charge < -0.3 is 5.32 Å². The molecule has 0 fully saturated rings. The number of halogens is 2. The maximum atomic E-state index is 5.97. The maximum absolute atomic E-state index is 5.97. The van der Waals surface area contributed by atoms with Crippen molar-refractivity contribution in [2.24, 2.45) is 0 Å². The normalized spacial score (nSPS) is 11.7. The lowest BCUT2D eigenvalue weighted by molar-refractivity contribution is 0.514. The molecule has 2 aromatic rings. The van der Waals surface area contributed by atoms with E-state index in [0.717, 1.165) is 24.4 Å². The SMILES string of the molecule is CC(CCc1ccccc1)NCc1cccc(Cl)c1.Cl. The van der Waals surface area contributed by atoms with Crippen LogP contribution >= 0.6 is 24.0 Å². The highest BCUT2D eigenvalue weighted by molar-refractivity contribution is 6.30. The summed E-state index contributed by atoms with van der Waals surface area (Å²) >= 11 is 5.97. The molecule has 0 spiro atoms. The molecule has 0 radical (unpaired) electrons. The van der Waals surface area contributed by atoms with Crippen LogP contribution < -0.4 is 5.32 Å². The smallest absolute Gasteiger partial charge is 0.0409 e. The van der Waals surface area contributed by atoms with Crippen LogP contribution in [0, 0.1) is 0 Å². The summed E-state index contributed by atoms with van der Waals surface area (Å²) in [6, 6.07) is 19.1. The molecule has 1 unspecified atom stereocenters. The molecule has 1 nitrogen and oxygen atoms in total. The molecule has 2 rings (SSSR count). The lowest BCUT2D eigenvalue weighted by Crippen LogP contribution is -2.25. The van der Waals surface area contributed by atoms with Gasteiger partial charge in [0.25, 0.3) is 0 Å². The van der Waals surface area contributed by atoms with Crippen molar-refractivity contribution in [1.82, 2.24) is 5.32 Å². The molecule has 3 heteroatoms. The third kappa shape index (κ3) is 5.96. The lowest BCUT2D eigenvalue weighted by Gasteiger charge is -2.14. The molecule has 1 atom stereocenters. The second-order valence-corrected chi connectivity index (χ2v) is 5.37. The van der Waals surface area contributed by atoms with E-state index in [-0.39, 0.29) is 12.4 Å². The monoisotopic (exact) mass is 309 g/mol. The number of benzene rings is 2. The van der Waals surface area contributed by atoms with E-state index in [1.54, 1.807) is 0 Å². The molecule has 0 saturated heterocycles. The molecule has 0 aliphatic rings. The van der Waals surface area contributed by atoms with Gasteiger partial charge in [-0.15, -0.1) is 12.4 Å². The Balaban J connectivity index is 0.00000200. The average Bonchev–Trinajstić information content (AvgIpc) is 2.44. The van der Waals surface area contributed by atoms with E-state index in [1.807, 2.05) is 18.2 Å². The zero-order chi connectivity index (χ0) is 13.5. The molecular weight excluding hydrogens is 289 g/mol. The number of hydrogen-bond donors (Lipinski definition) is 1. The molecular formula is C17H21Cl2N. The quantitative estimate of drug-likeness (QED) is 0.802. The molecule has 108 valence electrons. The molecule has 0 aliphatic carbocycles. The van der Waals surface area contributed by atoms with E-state index in [9.17, 15) is 0 Å². The number of rotatable bonds is 6. The van der Waals surface area contributed by atoms with E-state index in [4.69, 9.17) is 11.6 Å². The molecule has 0 bridgehead atoms. The highest BCUT2D eigenvalue weighted by Gasteiger charge is 2.02. The maximum Gasteiger partial charge on any atom is 0.0409 e. The van der Waals surface area contributed by atoms with Gasteiger partial charge in [0, 0.05) is 17.6 Å². The van der Waals surface area contributed by atoms with Crippen LogP contribution in [-0.2, 0) is 13.0 Å². The summed E-state index contributed by atoms with van der Waals surface area (Å²) in [6.45, 7) is 3.10. The van der Waals surface area contributed by atoms with E-state index < -0.39 is 0 Å². The Morgan fingerprint density at radius 3 is 2.40 bits per heavy atom. The zero-order valence-corrected chi connectivity index (χ0v) is 13.3. The van der Waals surface area contributed by atoms with E-state index in [0.29, 0.717) is 6.04 Å². The zero-order valence-electron chi connectivity index (χ0n) is 11.7. The number of aryl methyl sites for hydroxylation is 1. The molecule has 0 amide bonds. The highest BCUT2D eigenvalue weighted by Crippen LogP contribution is 2.11. The summed E-state index contributed by atoms with van der Waals surface area (Å²) in [7, 11) is 0. The van der Waals surface area contributed by atoms with Crippen molar-refractivity contribution in [1.29, 1.82) is 0 Å². The largest absolute Gasteiger partial charge is 0.310 e. The van der Waals surface area contributed by atoms with Crippen molar-refractivity contribution in [3.63, 3.8) is 0 Å². The standard InChI is InChI=1S/C17H20ClN.ClH/c1-14(10-11-15-6-3-2-4-7-15)19-13-16-8-5-9-17(18)12-16;/h2-9,12,14,19H,10-11,13H2,1H3;1H. The Labute approximate surface area is 132 Å². The molecule has 0 heterocycles. The van der Waals surface area contributed by atoms with Crippen LogP contribution in [0.15, 0.2) is 54.6 Å². The Morgan fingerprint density at radius 2 is 1.70 bits per heavy atom. The van der Waals surface area contributed by atoms with Gasteiger partial charge in [0.1, 0.15) is 0 Å². The Morgan fingerprint density at radius 1 is 1.00 bits per heavy atom. The predicted octanol–water partition coefficient (Wildman–Crippen LogP) is 4.87. The van der Waals surface area contributed by atoms with Crippen LogP contribution in [0.2, 0.25) is 5.02 Å². The molecule has 2 aromatic carbocycles. The first-order chi connectivity index (χ1) is 9.24. The van der Waals surface area contributed by atoms with E-state index in [2.05, 4.69) is 48.6 Å². The summed E-state index contributed by atoms with van der Waals surface area (Å²) in [5, 5.41) is 4.34. The van der Waals surface area contributed by atoms with Gasteiger partial charge in [0.2, 0.25) is 0 Å². The first-order valence-electron chi connectivity index (χ1n) is 6.76. The summed E-state index contributed by atoms with van der Waals surface area (Å²) in [5.74, 6) is 0. The van der Waals surface area contributed by atoms with Gasteiger partial charge in [0.05, 0.1) is 0 Å². The van der Waals surface area contributed by atoms with Gasteiger partial charge in [-0.2, -0.15) is 0 Å². The van der Waals surface area contributed by atoms with Crippen LogP contribution in [-0.4, -0.2) is 6.04 Å².